The maximum atomic E-state index is 9.96. The molecule has 0 atom stereocenters. The Morgan fingerprint density at radius 3 is 1.07 bits per heavy atom. The van der Waals surface area contributed by atoms with E-state index in [4.69, 9.17) is 47.8 Å². The van der Waals surface area contributed by atoms with Crippen LogP contribution in [0.4, 0.5) is 4.39 Å². The predicted molar refractivity (Wildman–Crippen MR) is 360 cm³/mol. The SMILES string of the molecule is CC.CC.CC.CC.Clc1ccc(-c2cc(Br)c(-c3ccc(Cl)c4c3[nH]c3ccccc34)cc2Br)c2[nH]c3ccccc3c12.Clc1ccc2c3cc4c(cc3n3c5ccccc5c1c23)c1ccc(Cl)c2c3ccccc3n4c12.[2H]CF. The van der Waals surface area contributed by atoms with Crippen molar-refractivity contribution in [2.75, 3.05) is 7.15 Å². The molecule has 0 radical (unpaired) electrons. The molecule has 0 aliphatic rings. The highest BCUT2D eigenvalue weighted by Crippen LogP contribution is 2.49. The van der Waals surface area contributed by atoms with Gasteiger partial charge in [-0.3, -0.25) is 4.39 Å². The third-order valence-corrected chi connectivity index (χ3v) is 17.1. The van der Waals surface area contributed by atoms with Crippen LogP contribution in [0.25, 0.3) is 142 Å². The first-order valence-corrected chi connectivity index (χ1v) is 30.1. The Morgan fingerprint density at radius 1 is 0.362 bits per heavy atom. The fourth-order valence-corrected chi connectivity index (χ4v) is 13.8. The lowest BCUT2D eigenvalue weighted by Gasteiger charge is -2.13. The molecule has 6 heterocycles. The van der Waals surface area contributed by atoms with Crippen LogP contribution in [-0.4, -0.2) is 25.9 Å². The molecule has 0 aliphatic heterocycles. The molecule has 10 aromatic carbocycles. The lowest BCUT2D eigenvalue weighted by atomic mass is 9.97. The molecule has 16 aromatic rings. The van der Waals surface area contributed by atoms with Gasteiger partial charge in [-0.2, -0.15) is 0 Å². The summed E-state index contributed by atoms with van der Waals surface area (Å²) in [6, 6.07) is 59.1. The summed E-state index contributed by atoms with van der Waals surface area (Å²) >= 11 is 34.6. The van der Waals surface area contributed by atoms with E-state index in [1.54, 1.807) is 0 Å². The highest BCUT2D eigenvalue weighted by molar-refractivity contribution is 9.11. The van der Waals surface area contributed by atoms with Crippen molar-refractivity contribution in [2.24, 2.45) is 0 Å². The van der Waals surface area contributed by atoms with Crippen molar-refractivity contribution in [3.8, 4) is 22.3 Å². The molecule has 0 aliphatic carbocycles. The van der Waals surface area contributed by atoms with Crippen molar-refractivity contribution >= 4 is 198 Å². The number of halogens is 7. The van der Waals surface area contributed by atoms with Gasteiger partial charge in [0.05, 0.1) is 72.7 Å². The molecule has 6 aromatic heterocycles. The number of aromatic nitrogens is 4. The van der Waals surface area contributed by atoms with Crippen LogP contribution >= 0.6 is 78.3 Å². The molecule has 16 rings (SSSR count). The Kier molecular flexibility index (Phi) is 16.3. The van der Waals surface area contributed by atoms with Crippen molar-refractivity contribution < 1.29 is 5.76 Å². The molecule has 0 unspecified atom stereocenters. The minimum atomic E-state index is -1.00. The van der Waals surface area contributed by atoms with Gasteiger partial charge in [-0.25, -0.2) is 0 Å². The summed E-state index contributed by atoms with van der Waals surface area (Å²) < 4.78 is 22.3. The Balaban J connectivity index is 0.000000156. The van der Waals surface area contributed by atoms with Crippen LogP contribution in [-0.2, 0) is 0 Å². The highest BCUT2D eigenvalue weighted by atomic mass is 79.9. The van der Waals surface area contributed by atoms with Crippen molar-refractivity contribution in [1.82, 2.24) is 18.8 Å². The zero-order valence-corrected chi connectivity index (χ0v) is 51.6. The van der Waals surface area contributed by atoms with E-state index < -0.39 is 7.15 Å². The van der Waals surface area contributed by atoms with Gasteiger partial charge in [0.2, 0.25) is 0 Å². The monoisotopic (exact) mass is 1260 g/mol. The molecular weight excluding hydrogens is 1210 g/mol. The molecule has 0 spiro atoms. The van der Waals surface area contributed by atoms with Crippen LogP contribution in [0.15, 0.2) is 179 Å². The topological polar surface area (TPSA) is 40.4 Å². The van der Waals surface area contributed by atoms with E-state index in [9.17, 15) is 4.39 Å². The number of nitrogens with one attached hydrogen (secondary N) is 2. The van der Waals surface area contributed by atoms with Crippen LogP contribution in [0.1, 0.15) is 56.8 Å². The number of hydrogen-bond acceptors (Lipinski definition) is 0. The molecule has 402 valence electrons. The average molecular weight is 1260 g/mol. The largest absolute Gasteiger partial charge is 0.354 e. The third-order valence-electron chi connectivity index (χ3n) is 14.6. The first-order chi connectivity index (χ1) is 39.6. The van der Waals surface area contributed by atoms with E-state index in [0.29, 0.717) is 0 Å². The molecule has 4 nitrogen and oxygen atoms in total. The second-order valence-electron chi connectivity index (χ2n) is 18.1. The van der Waals surface area contributed by atoms with Crippen LogP contribution in [0, 0.1) is 0 Å². The molecule has 0 amide bonds. The lowest BCUT2D eigenvalue weighted by Crippen LogP contribution is -1.88. The summed E-state index contributed by atoms with van der Waals surface area (Å²) in [4.78, 5) is 7.17. The first kappa shape index (κ1) is 55.4. The van der Waals surface area contributed by atoms with Gasteiger partial charge in [-0.15, -0.1) is 0 Å². The van der Waals surface area contributed by atoms with E-state index in [0.717, 1.165) is 106 Å². The van der Waals surface area contributed by atoms with E-state index in [-0.39, 0.29) is 0 Å². The van der Waals surface area contributed by atoms with Crippen molar-refractivity contribution in [2.45, 2.75) is 55.4 Å². The zero-order chi connectivity index (χ0) is 57.6. The predicted octanol–water partition coefficient (Wildman–Crippen LogP) is 25.1. The number of hydrogen-bond donors (Lipinski definition) is 2. The molecule has 0 fully saturated rings. The van der Waals surface area contributed by atoms with Crippen LogP contribution in [0.2, 0.25) is 20.1 Å². The second kappa shape index (κ2) is 23.5. The number of fused-ring (bicyclic) bond motifs is 18. The summed E-state index contributed by atoms with van der Waals surface area (Å²) in [5.74, 6) is 0. The van der Waals surface area contributed by atoms with Gasteiger partial charge in [-0.1, -0.05) is 231 Å². The van der Waals surface area contributed by atoms with Gasteiger partial charge in [0, 0.05) is 95.7 Å². The Labute approximate surface area is 502 Å². The van der Waals surface area contributed by atoms with Gasteiger partial charge in [0.15, 0.2) is 0 Å². The minimum absolute atomic E-state index is 0.736. The molecule has 0 bridgehead atoms. The number of rotatable bonds is 2. The number of aromatic amines is 2. The standard InChI is InChI=1S/C30H16Br2Cl2N2.C30H14Cl2N2.4C2H6.CH3F/c31-21-14-20(16-10-12-24(34)28-18-6-2-4-8-26(18)36-30(16)28)22(32)13-19(21)15-9-11-23(33)27-17-5-1-3-7-25(17)35-29(15)27;31-21-11-9-15-19-14-26-20(13-25(19)33-23-7-3-1-5-17(23)27(21)29(15)33)16-10-12-22(32)28-18-6-2-4-8-24(18)34(26)30(16)28;5*1-2/h1-14,35-36H;1-14H;4*1-2H3;1H3/i;;;;;;1D. The van der Waals surface area contributed by atoms with Gasteiger partial charge >= 0.3 is 0 Å². The van der Waals surface area contributed by atoms with Crippen LogP contribution in [0.3, 0.4) is 0 Å². The Morgan fingerprint density at radius 2 is 0.688 bits per heavy atom. The summed E-state index contributed by atoms with van der Waals surface area (Å²) in [5.41, 5.74) is 15.7. The highest BCUT2D eigenvalue weighted by Gasteiger charge is 2.25. The molecule has 0 saturated heterocycles. The fraction of sp³-hybridized carbons (Fsp3) is 0.130. The van der Waals surface area contributed by atoms with Gasteiger partial charge < -0.3 is 18.8 Å². The first-order valence-electron chi connectivity index (χ1n) is 27.7. The van der Waals surface area contributed by atoms with E-state index in [2.05, 4.69) is 172 Å². The Hall–Kier alpha value is -6.55. The summed E-state index contributed by atoms with van der Waals surface area (Å²) in [5, 5.41) is 17.0. The smallest absolute Gasteiger partial charge is 0.0785 e. The number of para-hydroxylation sites is 4. The van der Waals surface area contributed by atoms with Crippen LogP contribution < -0.4 is 0 Å². The fourth-order valence-electron chi connectivity index (χ4n) is 11.7. The third kappa shape index (κ3) is 8.74. The summed E-state index contributed by atoms with van der Waals surface area (Å²) in [6.07, 6.45) is 0. The number of benzene rings is 10. The summed E-state index contributed by atoms with van der Waals surface area (Å²) in [6.45, 7) is 16.0. The van der Waals surface area contributed by atoms with E-state index >= 15 is 0 Å². The second-order valence-corrected chi connectivity index (χ2v) is 21.4. The van der Waals surface area contributed by atoms with Crippen molar-refractivity contribution in [3.05, 3.63) is 199 Å². The average Bonchev–Trinajstić information content (AvgIpc) is 3.61. The molecule has 2 N–H and O–H groups in total. The molecular formula is C69H57Br2Cl4FN4. The maximum Gasteiger partial charge on any atom is 0.0785 e. The van der Waals surface area contributed by atoms with Crippen molar-refractivity contribution in [1.29, 1.82) is 0 Å². The minimum Gasteiger partial charge on any atom is -0.354 e. The number of H-pyrrole nitrogens is 2. The Bertz CT molecular complexity index is 4650. The lowest BCUT2D eigenvalue weighted by molar-refractivity contribution is 0.636. The molecule has 80 heavy (non-hydrogen) atoms. The molecule has 0 saturated carbocycles. The summed E-state index contributed by atoms with van der Waals surface area (Å²) in [7, 11) is -1.00. The van der Waals surface area contributed by atoms with Crippen LogP contribution in [0.5, 0.6) is 0 Å². The number of alkyl halides is 1. The maximum absolute atomic E-state index is 9.96. The van der Waals surface area contributed by atoms with Gasteiger partial charge in [0.1, 0.15) is 0 Å². The van der Waals surface area contributed by atoms with Gasteiger partial charge in [0.25, 0.3) is 0 Å². The quantitative estimate of drug-likeness (QED) is 0.173. The molecule has 11 heteroatoms. The van der Waals surface area contributed by atoms with Crippen molar-refractivity contribution in [3.63, 3.8) is 0 Å². The number of nitrogens with zero attached hydrogens (tertiary/aromatic N) is 2. The zero-order valence-electron chi connectivity index (χ0n) is 46.4. The van der Waals surface area contributed by atoms with E-state index in [1.165, 1.54) is 65.4 Å². The van der Waals surface area contributed by atoms with E-state index in [1.807, 2.05) is 104 Å². The van der Waals surface area contributed by atoms with Gasteiger partial charge in [-0.05, 0) is 83.9 Å². The normalized spacial score (nSPS) is 11.4.